The van der Waals surface area contributed by atoms with Crippen LogP contribution >= 0.6 is 0 Å². The molecule has 1 atom stereocenters. The molecule has 2 aromatic heterocycles. The number of carbonyl (C=O) groups excluding carboxylic acids is 1. The number of carbonyl (C=O) groups is 1. The van der Waals surface area contributed by atoms with Crippen LogP contribution in [0.4, 0.5) is 0 Å². The number of rotatable bonds is 4. The van der Waals surface area contributed by atoms with Gasteiger partial charge in [-0.1, -0.05) is 6.92 Å². The van der Waals surface area contributed by atoms with Crippen LogP contribution < -0.4 is 11.2 Å². The molecule has 0 spiro atoms. The van der Waals surface area contributed by atoms with E-state index in [1.165, 1.54) is 18.5 Å². The minimum absolute atomic E-state index is 0.0171. The van der Waals surface area contributed by atoms with E-state index in [-0.39, 0.29) is 24.1 Å². The lowest BCUT2D eigenvalue weighted by molar-refractivity contribution is -0.141. The third-order valence-electron chi connectivity index (χ3n) is 3.81. The summed E-state index contributed by atoms with van der Waals surface area (Å²) in [4.78, 5) is 39.5. The van der Waals surface area contributed by atoms with Crippen LogP contribution in [0.5, 0.6) is 0 Å². The van der Waals surface area contributed by atoms with Crippen molar-refractivity contribution in [1.29, 1.82) is 0 Å². The van der Waals surface area contributed by atoms with Gasteiger partial charge in [-0.25, -0.2) is 9.78 Å². The van der Waals surface area contributed by atoms with Crippen LogP contribution in [-0.4, -0.2) is 31.3 Å². The zero-order valence-electron chi connectivity index (χ0n) is 13.4. The van der Waals surface area contributed by atoms with Crippen LogP contribution in [0.25, 0.3) is 11.2 Å². The summed E-state index contributed by atoms with van der Waals surface area (Å²) < 4.78 is 9.07. The molecule has 0 radical (unpaired) electrons. The molecule has 0 saturated carbocycles. The summed E-state index contributed by atoms with van der Waals surface area (Å²) in [5, 5.41) is 0. The highest BCUT2D eigenvalue weighted by molar-refractivity contribution is 5.71. The third-order valence-corrected chi connectivity index (χ3v) is 3.81. The summed E-state index contributed by atoms with van der Waals surface area (Å²) in [5.74, 6) is 0.338. The molecule has 120 valence electrons. The van der Waals surface area contributed by atoms with Gasteiger partial charge in [0.15, 0.2) is 11.2 Å². The number of nitrogens with zero attached hydrogens (tertiary/aromatic N) is 4. The van der Waals surface area contributed by atoms with E-state index >= 15 is 0 Å². The molecule has 0 bridgehead atoms. The number of aryl methyl sites for hydroxylation is 2. The average molecular weight is 308 g/mol. The van der Waals surface area contributed by atoms with Crippen LogP contribution in [0.3, 0.4) is 0 Å². The Bertz CT molecular complexity index is 843. The van der Waals surface area contributed by atoms with Gasteiger partial charge in [-0.3, -0.25) is 18.7 Å². The van der Waals surface area contributed by atoms with Gasteiger partial charge < -0.3 is 9.30 Å². The number of hydrogen-bond acceptors (Lipinski definition) is 5. The van der Waals surface area contributed by atoms with E-state index in [0.717, 1.165) is 4.57 Å². The van der Waals surface area contributed by atoms with E-state index in [1.807, 2.05) is 6.92 Å². The Labute approximate surface area is 126 Å². The van der Waals surface area contributed by atoms with Crippen LogP contribution in [0.15, 0.2) is 9.59 Å². The second kappa shape index (κ2) is 5.78. The van der Waals surface area contributed by atoms with Crippen molar-refractivity contribution in [1.82, 2.24) is 18.7 Å². The first-order valence-electron chi connectivity index (χ1n) is 7.01. The lowest BCUT2D eigenvalue weighted by Gasteiger charge is -2.11. The Kier molecular flexibility index (Phi) is 4.20. The fourth-order valence-electron chi connectivity index (χ4n) is 2.48. The Morgan fingerprint density at radius 2 is 1.82 bits per heavy atom. The van der Waals surface area contributed by atoms with Crippen LogP contribution in [0.1, 0.15) is 32.0 Å². The van der Waals surface area contributed by atoms with Gasteiger partial charge in [0.25, 0.3) is 5.56 Å². The van der Waals surface area contributed by atoms with E-state index in [0.29, 0.717) is 23.4 Å². The van der Waals surface area contributed by atoms with Crippen LogP contribution in [-0.2, 0) is 30.7 Å². The zero-order valence-corrected chi connectivity index (χ0v) is 13.4. The first-order chi connectivity index (χ1) is 10.3. The minimum Gasteiger partial charge on any atom is -0.466 e. The van der Waals surface area contributed by atoms with Crippen molar-refractivity contribution < 1.29 is 9.53 Å². The van der Waals surface area contributed by atoms with Gasteiger partial charge in [-0.15, -0.1) is 0 Å². The van der Waals surface area contributed by atoms with Crippen molar-refractivity contribution >= 4 is 17.1 Å². The Balaban J connectivity index is 2.49. The first kappa shape index (κ1) is 16.0. The molecule has 0 aliphatic heterocycles. The lowest BCUT2D eigenvalue weighted by atomic mass is 10.1. The number of hydrogen-bond donors (Lipinski definition) is 0. The predicted octanol–water partition coefficient (Wildman–Crippen LogP) is 0.0274. The van der Waals surface area contributed by atoms with Crippen molar-refractivity contribution in [3.8, 4) is 0 Å². The molecule has 1 unspecified atom stereocenters. The average Bonchev–Trinajstić information content (AvgIpc) is 2.80. The fraction of sp³-hybridized carbons (Fsp3) is 0.571. The summed E-state index contributed by atoms with van der Waals surface area (Å²) in [7, 11) is 4.78. The minimum atomic E-state index is -0.408. The Morgan fingerprint density at radius 1 is 1.18 bits per heavy atom. The molecule has 22 heavy (non-hydrogen) atoms. The molecule has 0 saturated heterocycles. The largest absolute Gasteiger partial charge is 0.466 e. The second-order valence-corrected chi connectivity index (χ2v) is 5.44. The van der Waals surface area contributed by atoms with Gasteiger partial charge in [-0.2, -0.15) is 0 Å². The highest BCUT2D eigenvalue weighted by atomic mass is 16.5. The highest BCUT2D eigenvalue weighted by Crippen LogP contribution is 2.20. The highest BCUT2D eigenvalue weighted by Gasteiger charge is 2.20. The molecule has 2 heterocycles. The van der Waals surface area contributed by atoms with Gasteiger partial charge in [-0.05, 0) is 6.42 Å². The smallest absolute Gasteiger partial charge is 0.332 e. The molecule has 0 amide bonds. The van der Waals surface area contributed by atoms with E-state index in [1.54, 1.807) is 18.7 Å². The summed E-state index contributed by atoms with van der Waals surface area (Å²) in [6.07, 6.45) is 0.588. The molecular formula is C14H20N4O4. The first-order valence-corrected chi connectivity index (χ1v) is 7.01. The molecule has 0 fully saturated rings. The molecular weight excluding hydrogens is 288 g/mol. The normalized spacial score (nSPS) is 12.6. The van der Waals surface area contributed by atoms with Crippen molar-refractivity contribution in [3.05, 3.63) is 26.7 Å². The predicted molar refractivity (Wildman–Crippen MR) is 80.9 cm³/mol. The van der Waals surface area contributed by atoms with E-state index in [4.69, 9.17) is 4.74 Å². The van der Waals surface area contributed by atoms with Gasteiger partial charge >= 0.3 is 11.7 Å². The van der Waals surface area contributed by atoms with Gasteiger partial charge in [0.2, 0.25) is 0 Å². The maximum atomic E-state index is 12.3. The zero-order chi connectivity index (χ0) is 16.6. The fourth-order valence-corrected chi connectivity index (χ4v) is 2.48. The Morgan fingerprint density at radius 3 is 2.41 bits per heavy atom. The molecule has 0 N–H and O–H groups in total. The van der Waals surface area contributed by atoms with E-state index in [9.17, 15) is 14.4 Å². The molecule has 0 aliphatic rings. The van der Waals surface area contributed by atoms with Crippen molar-refractivity contribution in [2.24, 2.45) is 21.1 Å². The molecule has 0 aromatic carbocycles. The molecule has 2 aromatic rings. The summed E-state index contributed by atoms with van der Waals surface area (Å²) in [6.45, 7) is 3.59. The van der Waals surface area contributed by atoms with Gasteiger partial charge in [0, 0.05) is 34.0 Å². The number of esters is 1. The maximum absolute atomic E-state index is 12.3. The van der Waals surface area contributed by atoms with E-state index < -0.39 is 5.69 Å². The molecule has 2 rings (SSSR count). The monoisotopic (exact) mass is 308 g/mol. The summed E-state index contributed by atoms with van der Waals surface area (Å²) >= 11 is 0. The molecule has 8 heteroatoms. The number of imidazole rings is 1. The Hall–Kier alpha value is -2.38. The summed E-state index contributed by atoms with van der Waals surface area (Å²) in [5.41, 5.74) is -0.0230. The quantitative estimate of drug-likeness (QED) is 0.743. The van der Waals surface area contributed by atoms with Gasteiger partial charge in [0.05, 0.1) is 6.61 Å². The maximum Gasteiger partial charge on any atom is 0.332 e. The lowest BCUT2D eigenvalue weighted by Crippen LogP contribution is -2.37. The van der Waals surface area contributed by atoms with Crippen molar-refractivity contribution in [2.45, 2.75) is 26.2 Å². The van der Waals surface area contributed by atoms with Crippen LogP contribution in [0, 0.1) is 0 Å². The van der Waals surface area contributed by atoms with Crippen molar-refractivity contribution in [2.75, 3.05) is 6.61 Å². The van der Waals surface area contributed by atoms with Gasteiger partial charge in [0.1, 0.15) is 5.82 Å². The second-order valence-electron chi connectivity index (χ2n) is 5.44. The molecule has 8 nitrogen and oxygen atoms in total. The standard InChI is InChI=1S/C14H20N4O4/c1-8(6-7-22-9(2)19)11-15-12-10(16(11)3)13(20)18(5)14(21)17(12)4/h8H,6-7H2,1-5H3. The number of fused-ring (bicyclic) bond motifs is 1. The van der Waals surface area contributed by atoms with Crippen molar-refractivity contribution in [3.63, 3.8) is 0 Å². The third kappa shape index (κ3) is 2.56. The number of aromatic nitrogens is 4. The van der Waals surface area contributed by atoms with E-state index in [2.05, 4.69) is 4.98 Å². The topological polar surface area (TPSA) is 88.1 Å². The summed E-state index contributed by atoms with van der Waals surface area (Å²) in [6, 6.07) is 0. The SMILES string of the molecule is CC(=O)OCCC(C)c1nc2c(c(=O)n(C)c(=O)n2C)n1C. The molecule has 0 aliphatic carbocycles. The van der Waals surface area contributed by atoms with Crippen LogP contribution in [0.2, 0.25) is 0 Å². The number of ether oxygens (including phenoxy) is 1.